The molecule has 0 aromatic heterocycles. The van der Waals surface area contributed by atoms with Gasteiger partial charge < -0.3 is 10.1 Å². The van der Waals surface area contributed by atoms with Crippen molar-refractivity contribution in [2.45, 2.75) is 33.2 Å². The molecule has 1 aliphatic heterocycles. The molecule has 1 heterocycles. The van der Waals surface area contributed by atoms with Crippen molar-refractivity contribution in [3.8, 4) is 0 Å². The third-order valence-electron chi connectivity index (χ3n) is 5.13. The highest BCUT2D eigenvalue weighted by Gasteiger charge is 2.16. The van der Waals surface area contributed by atoms with E-state index in [1.165, 1.54) is 18.4 Å². The van der Waals surface area contributed by atoms with Crippen LogP contribution in [0.25, 0.3) is 0 Å². The lowest BCUT2D eigenvalue weighted by Gasteiger charge is -2.30. The van der Waals surface area contributed by atoms with Gasteiger partial charge in [0.05, 0.1) is 12.2 Å². The van der Waals surface area contributed by atoms with Gasteiger partial charge in [-0.25, -0.2) is 4.79 Å². The van der Waals surface area contributed by atoms with E-state index in [-0.39, 0.29) is 5.91 Å². The summed E-state index contributed by atoms with van der Waals surface area (Å²) >= 11 is 0. The molecule has 0 unspecified atom stereocenters. The second-order valence-electron chi connectivity index (χ2n) is 7.41. The van der Waals surface area contributed by atoms with Crippen LogP contribution in [0, 0.1) is 5.92 Å². The maximum Gasteiger partial charge on any atom is 0.338 e. The van der Waals surface area contributed by atoms with E-state index < -0.39 is 5.97 Å². The van der Waals surface area contributed by atoms with E-state index in [4.69, 9.17) is 4.74 Å². The number of carbonyl (C=O) groups is 2. The summed E-state index contributed by atoms with van der Waals surface area (Å²) in [7, 11) is 0. The molecule has 2 aromatic carbocycles. The number of rotatable bonds is 6. The second-order valence-corrected chi connectivity index (χ2v) is 7.41. The van der Waals surface area contributed by atoms with Gasteiger partial charge >= 0.3 is 5.97 Å². The topological polar surface area (TPSA) is 58.6 Å². The fourth-order valence-electron chi connectivity index (χ4n) is 3.38. The smallest absolute Gasteiger partial charge is 0.338 e. The van der Waals surface area contributed by atoms with Crippen molar-refractivity contribution in [2.75, 3.05) is 25.0 Å². The number of ether oxygens (including phenoxy) is 1. The monoisotopic (exact) mass is 380 g/mol. The van der Waals surface area contributed by atoms with Gasteiger partial charge in [-0.3, -0.25) is 9.69 Å². The molecule has 0 radical (unpaired) electrons. The Morgan fingerprint density at radius 3 is 2.46 bits per heavy atom. The molecular formula is C23H28N2O3. The predicted molar refractivity (Wildman–Crippen MR) is 110 cm³/mol. The minimum absolute atomic E-state index is 0.195. The van der Waals surface area contributed by atoms with Gasteiger partial charge in [-0.15, -0.1) is 0 Å². The van der Waals surface area contributed by atoms with E-state index in [1.54, 1.807) is 31.2 Å². The molecule has 3 rings (SSSR count). The lowest BCUT2D eigenvalue weighted by atomic mass is 9.99. The second kappa shape index (κ2) is 9.51. The number of carbonyl (C=O) groups excluding carboxylic acids is 2. The predicted octanol–water partition coefficient (Wildman–Crippen LogP) is 4.35. The van der Waals surface area contributed by atoms with Crippen LogP contribution in [0.3, 0.4) is 0 Å². The van der Waals surface area contributed by atoms with E-state index in [0.29, 0.717) is 23.4 Å². The summed E-state index contributed by atoms with van der Waals surface area (Å²) in [5.74, 6) is 0.235. The molecule has 1 amide bonds. The minimum atomic E-state index is -0.393. The molecule has 1 fully saturated rings. The third-order valence-corrected chi connectivity index (χ3v) is 5.13. The number of esters is 1. The summed E-state index contributed by atoms with van der Waals surface area (Å²) in [6, 6.07) is 14.5. The summed E-state index contributed by atoms with van der Waals surface area (Å²) in [5.41, 5.74) is 2.81. The number of piperidine rings is 1. The Morgan fingerprint density at radius 2 is 1.79 bits per heavy atom. The molecule has 1 aliphatic rings. The number of nitrogens with one attached hydrogen (secondary N) is 1. The van der Waals surface area contributed by atoms with Crippen LogP contribution in [0.1, 0.15) is 53.0 Å². The number of nitrogens with zero attached hydrogens (tertiary/aromatic N) is 1. The number of likely N-dealkylation sites (tertiary alicyclic amines) is 1. The molecule has 0 bridgehead atoms. The average Bonchev–Trinajstić information content (AvgIpc) is 2.70. The van der Waals surface area contributed by atoms with E-state index >= 15 is 0 Å². The summed E-state index contributed by atoms with van der Waals surface area (Å²) in [4.78, 5) is 26.8. The van der Waals surface area contributed by atoms with Crippen molar-refractivity contribution in [1.82, 2.24) is 4.90 Å². The van der Waals surface area contributed by atoms with E-state index in [1.807, 2.05) is 24.3 Å². The highest BCUT2D eigenvalue weighted by Crippen LogP contribution is 2.19. The van der Waals surface area contributed by atoms with Crippen LogP contribution in [-0.4, -0.2) is 36.5 Å². The summed E-state index contributed by atoms with van der Waals surface area (Å²) in [5, 5.41) is 2.84. The van der Waals surface area contributed by atoms with Crippen molar-refractivity contribution < 1.29 is 14.3 Å². The lowest BCUT2D eigenvalue weighted by molar-refractivity contribution is 0.0526. The maximum absolute atomic E-state index is 12.5. The van der Waals surface area contributed by atoms with Crippen LogP contribution in [-0.2, 0) is 11.3 Å². The van der Waals surface area contributed by atoms with Crippen LogP contribution < -0.4 is 5.32 Å². The van der Waals surface area contributed by atoms with Crippen molar-refractivity contribution in [1.29, 1.82) is 0 Å². The summed E-state index contributed by atoms with van der Waals surface area (Å²) in [6.45, 7) is 7.60. The molecule has 1 saturated heterocycles. The standard InChI is InChI=1S/C23H28N2O3/c1-3-28-23(27)20-5-4-6-21(15-20)24-22(26)19-9-7-18(8-10-19)16-25-13-11-17(2)12-14-25/h4-10,15,17H,3,11-14,16H2,1-2H3,(H,24,26). The number of anilines is 1. The Morgan fingerprint density at radius 1 is 1.07 bits per heavy atom. The minimum Gasteiger partial charge on any atom is -0.462 e. The van der Waals surface area contributed by atoms with Gasteiger partial charge in [0.1, 0.15) is 0 Å². The SMILES string of the molecule is CCOC(=O)c1cccc(NC(=O)c2ccc(CN3CCC(C)CC3)cc2)c1. The van der Waals surface area contributed by atoms with Gasteiger partial charge in [-0.05, 0) is 74.7 Å². The van der Waals surface area contributed by atoms with Crippen LogP contribution in [0.4, 0.5) is 5.69 Å². The largest absolute Gasteiger partial charge is 0.462 e. The molecular weight excluding hydrogens is 352 g/mol. The third kappa shape index (κ3) is 5.42. The highest BCUT2D eigenvalue weighted by molar-refractivity contribution is 6.04. The summed E-state index contributed by atoms with van der Waals surface area (Å²) in [6.07, 6.45) is 2.51. The molecule has 0 spiro atoms. The Hall–Kier alpha value is -2.66. The van der Waals surface area contributed by atoms with Crippen molar-refractivity contribution >= 4 is 17.6 Å². The first-order valence-electron chi connectivity index (χ1n) is 9.95. The summed E-state index contributed by atoms with van der Waals surface area (Å²) < 4.78 is 5.00. The van der Waals surface area contributed by atoms with Gasteiger partial charge in [-0.2, -0.15) is 0 Å². The molecule has 0 atom stereocenters. The average molecular weight is 380 g/mol. The molecule has 0 saturated carbocycles. The molecule has 1 N–H and O–H groups in total. The molecule has 2 aromatic rings. The van der Waals surface area contributed by atoms with Crippen LogP contribution in [0.15, 0.2) is 48.5 Å². The number of benzene rings is 2. The first-order valence-corrected chi connectivity index (χ1v) is 9.95. The van der Waals surface area contributed by atoms with Crippen molar-refractivity contribution in [2.24, 2.45) is 5.92 Å². The fraction of sp³-hybridized carbons (Fsp3) is 0.391. The van der Waals surface area contributed by atoms with E-state index in [9.17, 15) is 9.59 Å². The normalized spacial score (nSPS) is 15.2. The first-order chi connectivity index (χ1) is 13.5. The van der Waals surface area contributed by atoms with Crippen LogP contribution >= 0.6 is 0 Å². The number of amides is 1. The fourth-order valence-corrected chi connectivity index (χ4v) is 3.38. The Kier molecular flexibility index (Phi) is 6.82. The Labute approximate surface area is 166 Å². The number of hydrogen-bond acceptors (Lipinski definition) is 4. The van der Waals surface area contributed by atoms with Crippen LogP contribution in [0.2, 0.25) is 0 Å². The zero-order valence-electron chi connectivity index (χ0n) is 16.6. The molecule has 28 heavy (non-hydrogen) atoms. The first kappa shape index (κ1) is 20.1. The van der Waals surface area contributed by atoms with E-state index in [0.717, 1.165) is 25.6 Å². The zero-order chi connectivity index (χ0) is 19.9. The molecule has 5 heteroatoms. The van der Waals surface area contributed by atoms with E-state index in [2.05, 4.69) is 17.1 Å². The van der Waals surface area contributed by atoms with Crippen molar-refractivity contribution in [3.05, 3.63) is 65.2 Å². The van der Waals surface area contributed by atoms with Gasteiger partial charge in [0, 0.05) is 17.8 Å². The quantitative estimate of drug-likeness (QED) is 0.757. The molecule has 148 valence electrons. The Balaban J connectivity index is 1.59. The van der Waals surface area contributed by atoms with Gasteiger partial charge in [0.15, 0.2) is 0 Å². The maximum atomic E-state index is 12.5. The lowest BCUT2D eigenvalue weighted by Crippen LogP contribution is -2.32. The molecule has 0 aliphatic carbocycles. The van der Waals surface area contributed by atoms with Crippen LogP contribution in [0.5, 0.6) is 0 Å². The van der Waals surface area contributed by atoms with Gasteiger partial charge in [-0.1, -0.05) is 25.1 Å². The Bertz CT molecular complexity index is 809. The highest BCUT2D eigenvalue weighted by atomic mass is 16.5. The van der Waals surface area contributed by atoms with Gasteiger partial charge in [0.2, 0.25) is 0 Å². The van der Waals surface area contributed by atoms with Gasteiger partial charge in [0.25, 0.3) is 5.91 Å². The zero-order valence-corrected chi connectivity index (χ0v) is 16.6. The van der Waals surface area contributed by atoms with Crippen molar-refractivity contribution in [3.63, 3.8) is 0 Å². The molecule has 5 nitrogen and oxygen atoms in total. The number of hydrogen-bond donors (Lipinski definition) is 1.